The number of hydrogen-bond acceptors (Lipinski definition) is 4. The number of anilines is 1. The molecule has 1 heterocycles. The average Bonchev–Trinajstić information content (AvgIpc) is 2.78. The Morgan fingerprint density at radius 2 is 1.95 bits per heavy atom. The van der Waals surface area contributed by atoms with Gasteiger partial charge in [0, 0.05) is 19.0 Å². The maximum Gasteiger partial charge on any atom is 0.245 e. The SMILES string of the molecule is Cc1cc(NC(=O)CN(CCC(C)C)C(=O)CC(C)C)no1. The van der Waals surface area contributed by atoms with E-state index in [1.807, 2.05) is 13.8 Å². The van der Waals surface area contributed by atoms with Crippen LogP contribution in [0.4, 0.5) is 5.82 Å². The Morgan fingerprint density at radius 3 is 2.45 bits per heavy atom. The van der Waals surface area contributed by atoms with E-state index < -0.39 is 0 Å². The van der Waals surface area contributed by atoms with Gasteiger partial charge in [0.05, 0.1) is 6.54 Å². The van der Waals surface area contributed by atoms with Gasteiger partial charge in [-0.05, 0) is 25.2 Å². The molecule has 0 unspecified atom stereocenters. The Balaban J connectivity index is 2.61. The highest BCUT2D eigenvalue weighted by Crippen LogP contribution is 2.10. The van der Waals surface area contributed by atoms with Crippen LogP contribution >= 0.6 is 0 Å². The van der Waals surface area contributed by atoms with Gasteiger partial charge in [-0.25, -0.2) is 0 Å². The van der Waals surface area contributed by atoms with Crippen LogP contribution in [0.1, 0.15) is 46.3 Å². The first kappa shape index (κ1) is 18.2. The van der Waals surface area contributed by atoms with Gasteiger partial charge in [0.15, 0.2) is 5.82 Å². The molecule has 0 saturated heterocycles. The minimum absolute atomic E-state index is 0.0159. The summed E-state index contributed by atoms with van der Waals surface area (Å²) in [5.41, 5.74) is 0. The molecule has 2 amide bonds. The fourth-order valence-electron chi connectivity index (χ4n) is 1.97. The van der Waals surface area contributed by atoms with E-state index in [4.69, 9.17) is 4.52 Å². The van der Waals surface area contributed by atoms with Gasteiger partial charge in [-0.3, -0.25) is 9.59 Å². The summed E-state index contributed by atoms with van der Waals surface area (Å²) in [6.45, 7) is 10.6. The summed E-state index contributed by atoms with van der Waals surface area (Å²) in [6, 6.07) is 1.65. The fourth-order valence-corrected chi connectivity index (χ4v) is 1.97. The second kappa shape index (κ2) is 8.56. The maximum absolute atomic E-state index is 12.3. The Hall–Kier alpha value is -1.85. The maximum atomic E-state index is 12.3. The van der Waals surface area contributed by atoms with E-state index in [1.165, 1.54) is 0 Å². The first-order chi connectivity index (χ1) is 10.3. The predicted molar refractivity (Wildman–Crippen MR) is 85.4 cm³/mol. The standard InChI is InChI=1S/C16H27N3O3/c1-11(2)6-7-19(16(21)8-12(3)4)10-15(20)17-14-9-13(5)22-18-14/h9,11-12H,6-8,10H2,1-5H3,(H,17,18,20). The molecule has 0 spiro atoms. The molecule has 0 aromatic carbocycles. The van der Waals surface area contributed by atoms with Crippen molar-refractivity contribution in [2.45, 2.75) is 47.5 Å². The Kier molecular flexibility index (Phi) is 7.08. The second-order valence-corrected chi connectivity index (χ2v) is 6.47. The number of aryl methyl sites for hydroxylation is 1. The summed E-state index contributed by atoms with van der Waals surface area (Å²) in [6.07, 6.45) is 1.33. The van der Waals surface area contributed by atoms with Crippen LogP contribution in [0.15, 0.2) is 10.6 Å². The van der Waals surface area contributed by atoms with Gasteiger partial charge in [-0.15, -0.1) is 0 Å². The zero-order chi connectivity index (χ0) is 16.7. The largest absolute Gasteiger partial charge is 0.360 e. The number of nitrogens with zero attached hydrogens (tertiary/aromatic N) is 2. The number of rotatable bonds is 8. The molecule has 1 aromatic rings. The van der Waals surface area contributed by atoms with E-state index in [0.717, 1.165) is 6.42 Å². The minimum atomic E-state index is -0.255. The van der Waals surface area contributed by atoms with Crippen LogP contribution in [0, 0.1) is 18.8 Å². The summed E-state index contributed by atoms with van der Waals surface area (Å²) < 4.78 is 4.90. The molecule has 0 aliphatic heterocycles. The number of carbonyl (C=O) groups is 2. The molecule has 22 heavy (non-hydrogen) atoms. The lowest BCUT2D eigenvalue weighted by molar-refractivity contribution is -0.135. The lowest BCUT2D eigenvalue weighted by atomic mass is 10.1. The van der Waals surface area contributed by atoms with E-state index in [9.17, 15) is 9.59 Å². The van der Waals surface area contributed by atoms with Gasteiger partial charge in [-0.1, -0.05) is 32.9 Å². The van der Waals surface area contributed by atoms with E-state index in [0.29, 0.717) is 30.5 Å². The van der Waals surface area contributed by atoms with Gasteiger partial charge in [0.25, 0.3) is 0 Å². The quantitative estimate of drug-likeness (QED) is 0.801. The Labute approximate surface area is 132 Å². The number of hydrogen-bond donors (Lipinski definition) is 1. The first-order valence-electron chi connectivity index (χ1n) is 7.78. The van der Waals surface area contributed by atoms with Crippen molar-refractivity contribution in [3.05, 3.63) is 11.8 Å². The molecule has 6 nitrogen and oxygen atoms in total. The molecule has 0 atom stereocenters. The van der Waals surface area contributed by atoms with E-state index in [1.54, 1.807) is 17.9 Å². The van der Waals surface area contributed by atoms with Crippen molar-refractivity contribution in [1.29, 1.82) is 0 Å². The number of nitrogens with one attached hydrogen (secondary N) is 1. The second-order valence-electron chi connectivity index (χ2n) is 6.47. The third kappa shape index (κ3) is 6.74. The highest BCUT2D eigenvalue weighted by Gasteiger charge is 2.19. The van der Waals surface area contributed by atoms with Gasteiger partial charge in [-0.2, -0.15) is 0 Å². The highest BCUT2D eigenvalue weighted by molar-refractivity contribution is 5.93. The van der Waals surface area contributed by atoms with Crippen LogP contribution in [-0.2, 0) is 9.59 Å². The molecular weight excluding hydrogens is 282 g/mol. The molecule has 0 radical (unpaired) electrons. The fraction of sp³-hybridized carbons (Fsp3) is 0.688. The van der Waals surface area contributed by atoms with Gasteiger partial charge in [0.2, 0.25) is 11.8 Å². The summed E-state index contributed by atoms with van der Waals surface area (Å²) in [4.78, 5) is 26.0. The van der Waals surface area contributed by atoms with Crippen LogP contribution in [-0.4, -0.2) is 35.0 Å². The summed E-state index contributed by atoms with van der Waals surface area (Å²) in [5, 5.41) is 6.37. The monoisotopic (exact) mass is 309 g/mol. The van der Waals surface area contributed by atoms with Crippen LogP contribution < -0.4 is 5.32 Å². The Bertz CT molecular complexity index is 495. The molecule has 0 fully saturated rings. The number of carbonyl (C=O) groups excluding carboxylic acids is 2. The van der Waals surface area contributed by atoms with E-state index in [2.05, 4.69) is 24.3 Å². The van der Waals surface area contributed by atoms with Crippen molar-refractivity contribution in [3.8, 4) is 0 Å². The molecule has 1 aromatic heterocycles. The normalized spacial score (nSPS) is 11.0. The summed E-state index contributed by atoms with van der Waals surface area (Å²) in [5.74, 6) is 1.52. The van der Waals surface area contributed by atoms with Crippen molar-refractivity contribution >= 4 is 17.6 Å². The smallest absolute Gasteiger partial charge is 0.245 e. The van der Waals surface area contributed by atoms with Crippen molar-refractivity contribution in [3.63, 3.8) is 0 Å². The average molecular weight is 309 g/mol. The van der Waals surface area contributed by atoms with Crippen LogP contribution in [0.3, 0.4) is 0 Å². The van der Waals surface area contributed by atoms with Crippen molar-refractivity contribution in [2.24, 2.45) is 11.8 Å². The minimum Gasteiger partial charge on any atom is -0.360 e. The third-order valence-corrected chi connectivity index (χ3v) is 3.14. The molecule has 0 aliphatic carbocycles. The molecule has 1 rings (SSSR count). The predicted octanol–water partition coefficient (Wildman–Crippen LogP) is 2.84. The number of aromatic nitrogens is 1. The molecular formula is C16H27N3O3. The third-order valence-electron chi connectivity index (χ3n) is 3.14. The lowest BCUT2D eigenvalue weighted by Crippen LogP contribution is -2.39. The topological polar surface area (TPSA) is 75.4 Å². The lowest BCUT2D eigenvalue weighted by Gasteiger charge is -2.23. The molecule has 1 N–H and O–H groups in total. The summed E-state index contributed by atoms with van der Waals surface area (Å²) in [7, 11) is 0. The Morgan fingerprint density at radius 1 is 1.27 bits per heavy atom. The zero-order valence-electron chi connectivity index (χ0n) is 14.2. The first-order valence-corrected chi connectivity index (χ1v) is 7.78. The number of amides is 2. The van der Waals surface area contributed by atoms with Crippen molar-refractivity contribution < 1.29 is 14.1 Å². The molecule has 6 heteroatoms. The van der Waals surface area contributed by atoms with Crippen molar-refractivity contribution in [1.82, 2.24) is 10.1 Å². The molecule has 0 bridgehead atoms. The van der Waals surface area contributed by atoms with Crippen molar-refractivity contribution in [2.75, 3.05) is 18.4 Å². The molecule has 0 saturated carbocycles. The molecule has 124 valence electrons. The summed E-state index contributed by atoms with van der Waals surface area (Å²) >= 11 is 0. The van der Waals surface area contributed by atoms with Crippen LogP contribution in [0.2, 0.25) is 0 Å². The zero-order valence-corrected chi connectivity index (χ0v) is 14.2. The van der Waals surface area contributed by atoms with Crippen LogP contribution in [0.5, 0.6) is 0 Å². The van der Waals surface area contributed by atoms with Gasteiger partial charge >= 0.3 is 0 Å². The van der Waals surface area contributed by atoms with E-state index >= 15 is 0 Å². The molecule has 0 aliphatic rings. The highest BCUT2D eigenvalue weighted by atomic mass is 16.5. The van der Waals surface area contributed by atoms with Crippen LogP contribution in [0.25, 0.3) is 0 Å². The van der Waals surface area contributed by atoms with E-state index in [-0.39, 0.29) is 24.3 Å². The van der Waals surface area contributed by atoms with Gasteiger partial charge < -0.3 is 14.7 Å². The van der Waals surface area contributed by atoms with Gasteiger partial charge in [0.1, 0.15) is 5.76 Å².